The van der Waals surface area contributed by atoms with Gasteiger partial charge >= 0.3 is 0 Å². The van der Waals surface area contributed by atoms with E-state index in [1.54, 1.807) is 0 Å². The van der Waals surface area contributed by atoms with Gasteiger partial charge in [0.2, 0.25) is 5.91 Å². The predicted octanol–water partition coefficient (Wildman–Crippen LogP) is 2.73. The Morgan fingerprint density at radius 3 is 2.90 bits per heavy atom. The van der Waals surface area contributed by atoms with Crippen molar-refractivity contribution in [2.24, 2.45) is 0 Å². The summed E-state index contributed by atoms with van der Waals surface area (Å²) >= 11 is 3.47. The van der Waals surface area contributed by atoms with Gasteiger partial charge in [-0.2, -0.15) is 0 Å². The minimum absolute atomic E-state index is 0.0519. The van der Waals surface area contributed by atoms with Crippen LogP contribution in [0.2, 0.25) is 0 Å². The van der Waals surface area contributed by atoms with E-state index in [9.17, 15) is 4.79 Å². The molecule has 108 valence electrons. The third-order valence-electron chi connectivity index (χ3n) is 4.12. The first-order chi connectivity index (χ1) is 9.50. The fourth-order valence-corrected chi connectivity index (χ4v) is 3.58. The van der Waals surface area contributed by atoms with Crippen LogP contribution in [-0.4, -0.2) is 40.9 Å². The van der Waals surface area contributed by atoms with Gasteiger partial charge in [0.1, 0.15) is 0 Å². The standard InChI is InChI=1S/C16H20BrNO2/c1-16(2)10-18(9-12(8-17)20-16)15(19)14-7-11-5-3-4-6-13(11)14/h3-6,12,14H,7-10H2,1-2H3. The smallest absolute Gasteiger partial charge is 0.230 e. The molecule has 1 amide bonds. The van der Waals surface area contributed by atoms with E-state index in [-0.39, 0.29) is 23.5 Å². The summed E-state index contributed by atoms with van der Waals surface area (Å²) in [4.78, 5) is 14.7. The van der Waals surface area contributed by atoms with Gasteiger partial charge in [-0.05, 0) is 31.4 Å². The summed E-state index contributed by atoms with van der Waals surface area (Å²) in [7, 11) is 0. The van der Waals surface area contributed by atoms with E-state index in [4.69, 9.17) is 4.74 Å². The van der Waals surface area contributed by atoms with Crippen LogP contribution < -0.4 is 0 Å². The van der Waals surface area contributed by atoms with Crippen molar-refractivity contribution in [3.8, 4) is 0 Å². The second kappa shape index (κ2) is 5.15. The van der Waals surface area contributed by atoms with E-state index < -0.39 is 0 Å². The highest BCUT2D eigenvalue weighted by Crippen LogP contribution is 2.37. The maximum atomic E-state index is 12.7. The summed E-state index contributed by atoms with van der Waals surface area (Å²) in [6.07, 6.45) is 0.962. The van der Waals surface area contributed by atoms with Gasteiger partial charge in [-0.3, -0.25) is 4.79 Å². The second-order valence-electron chi connectivity index (χ2n) is 6.33. The lowest BCUT2D eigenvalue weighted by Crippen LogP contribution is -2.56. The minimum Gasteiger partial charge on any atom is -0.368 e. The van der Waals surface area contributed by atoms with E-state index in [1.165, 1.54) is 11.1 Å². The highest BCUT2D eigenvalue weighted by molar-refractivity contribution is 9.09. The van der Waals surface area contributed by atoms with Crippen LogP contribution in [0.4, 0.5) is 0 Å². The lowest BCUT2D eigenvalue weighted by molar-refractivity contribution is -0.159. The van der Waals surface area contributed by atoms with E-state index in [1.807, 2.05) is 17.0 Å². The fraction of sp³-hybridized carbons (Fsp3) is 0.562. The first-order valence-electron chi connectivity index (χ1n) is 7.10. The highest BCUT2D eigenvalue weighted by Gasteiger charge is 2.40. The van der Waals surface area contributed by atoms with E-state index in [2.05, 4.69) is 41.9 Å². The molecule has 4 heteroatoms. The van der Waals surface area contributed by atoms with Crippen LogP contribution >= 0.6 is 15.9 Å². The van der Waals surface area contributed by atoms with Gasteiger partial charge < -0.3 is 9.64 Å². The minimum atomic E-state index is -0.268. The lowest BCUT2D eigenvalue weighted by atomic mass is 9.76. The predicted molar refractivity (Wildman–Crippen MR) is 82.2 cm³/mol. The zero-order valence-corrected chi connectivity index (χ0v) is 13.5. The van der Waals surface area contributed by atoms with Gasteiger partial charge in [0.05, 0.1) is 17.6 Å². The normalized spacial score (nSPS) is 27.6. The van der Waals surface area contributed by atoms with E-state index >= 15 is 0 Å². The number of carbonyl (C=O) groups is 1. The second-order valence-corrected chi connectivity index (χ2v) is 6.98. The Bertz CT molecular complexity index is 529. The molecule has 1 aromatic rings. The van der Waals surface area contributed by atoms with E-state index in [0.717, 1.165) is 11.8 Å². The number of halogens is 1. The summed E-state index contributed by atoms with van der Waals surface area (Å²) in [6.45, 7) is 5.47. The molecule has 2 atom stereocenters. The largest absolute Gasteiger partial charge is 0.368 e. The third-order valence-corrected chi connectivity index (χ3v) is 4.84. The maximum Gasteiger partial charge on any atom is 0.230 e. The van der Waals surface area contributed by atoms with Gasteiger partial charge in [-0.1, -0.05) is 40.2 Å². The van der Waals surface area contributed by atoms with Crippen molar-refractivity contribution in [1.82, 2.24) is 4.90 Å². The molecule has 1 saturated heterocycles. The van der Waals surface area contributed by atoms with Gasteiger partial charge in [-0.15, -0.1) is 0 Å². The van der Waals surface area contributed by atoms with Crippen LogP contribution in [-0.2, 0) is 16.0 Å². The highest BCUT2D eigenvalue weighted by atomic mass is 79.9. The number of morpholine rings is 1. The molecule has 20 heavy (non-hydrogen) atoms. The molecule has 0 spiro atoms. The molecule has 3 nitrogen and oxygen atoms in total. The Hall–Kier alpha value is -0.870. The summed E-state index contributed by atoms with van der Waals surface area (Å²) < 4.78 is 5.96. The number of amides is 1. The molecule has 1 aromatic carbocycles. The van der Waals surface area contributed by atoms with Crippen LogP contribution in [0.25, 0.3) is 0 Å². The Labute approximate surface area is 128 Å². The quantitative estimate of drug-likeness (QED) is 0.776. The summed E-state index contributed by atoms with van der Waals surface area (Å²) in [5.74, 6) is 0.308. The van der Waals surface area contributed by atoms with Gasteiger partial charge in [0, 0.05) is 18.4 Å². The van der Waals surface area contributed by atoms with Gasteiger partial charge in [0.15, 0.2) is 0 Å². The SMILES string of the molecule is CC1(C)CN(C(=O)C2Cc3ccccc32)CC(CBr)O1. The topological polar surface area (TPSA) is 29.5 Å². The summed E-state index contributed by atoms with van der Waals surface area (Å²) in [5.41, 5.74) is 2.25. The molecule has 0 radical (unpaired) electrons. The summed E-state index contributed by atoms with van der Waals surface area (Å²) in [6, 6.07) is 8.25. The Morgan fingerprint density at radius 2 is 2.20 bits per heavy atom. The molecule has 2 unspecified atom stereocenters. The molecule has 1 aliphatic heterocycles. The van der Waals surface area contributed by atoms with Crippen LogP contribution in [0.15, 0.2) is 24.3 Å². The molecule has 0 saturated carbocycles. The molecule has 0 N–H and O–H groups in total. The van der Waals surface area contributed by atoms with Crippen molar-refractivity contribution in [2.75, 3.05) is 18.4 Å². The Balaban J connectivity index is 1.75. The average Bonchev–Trinajstić information content (AvgIpc) is 2.38. The van der Waals surface area contributed by atoms with Gasteiger partial charge in [0.25, 0.3) is 0 Å². The molecule has 1 heterocycles. The zero-order valence-electron chi connectivity index (χ0n) is 11.9. The fourth-order valence-electron chi connectivity index (χ4n) is 3.24. The molecule has 1 aliphatic carbocycles. The molecular weight excluding hydrogens is 318 g/mol. The molecule has 1 fully saturated rings. The number of hydrogen-bond acceptors (Lipinski definition) is 2. The molecule has 0 bridgehead atoms. The third kappa shape index (κ3) is 2.51. The molecular formula is C16H20BrNO2. The zero-order chi connectivity index (χ0) is 14.3. The molecule has 3 rings (SSSR count). The van der Waals surface area contributed by atoms with Crippen molar-refractivity contribution in [1.29, 1.82) is 0 Å². The number of ether oxygens (including phenoxy) is 1. The Kier molecular flexibility index (Phi) is 3.63. The number of alkyl halides is 1. The first-order valence-corrected chi connectivity index (χ1v) is 8.23. The lowest BCUT2D eigenvalue weighted by Gasteiger charge is -2.44. The van der Waals surface area contributed by atoms with Crippen molar-refractivity contribution in [3.63, 3.8) is 0 Å². The van der Waals surface area contributed by atoms with Crippen LogP contribution in [0.1, 0.15) is 30.9 Å². The number of hydrogen-bond donors (Lipinski definition) is 0. The van der Waals surface area contributed by atoms with Crippen molar-refractivity contribution in [2.45, 2.75) is 37.9 Å². The van der Waals surface area contributed by atoms with Crippen molar-refractivity contribution < 1.29 is 9.53 Å². The first kappa shape index (κ1) is 14.1. The Morgan fingerprint density at radius 1 is 1.45 bits per heavy atom. The summed E-state index contributed by atoms with van der Waals surface area (Å²) in [5, 5.41) is 0.765. The average molecular weight is 338 g/mol. The van der Waals surface area contributed by atoms with E-state index in [0.29, 0.717) is 13.1 Å². The van der Waals surface area contributed by atoms with Crippen molar-refractivity contribution in [3.05, 3.63) is 35.4 Å². The number of benzene rings is 1. The maximum absolute atomic E-state index is 12.7. The van der Waals surface area contributed by atoms with Crippen LogP contribution in [0.5, 0.6) is 0 Å². The van der Waals surface area contributed by atoms with Crippen molar-refractivity contribution >= 4 is 21.8 Å². The number of rotatable bonds is 2. The number of carbonyl (C=O) groups excluding carboxylic acids is 1. The molecule has 2 aliphatic rings. The van der Waals surface area contributed by atoms with Crippen LogP contribution in [0, 0.1) is 0 Å². The number of nitrogens with zero attached hydrogens (tertiary/aromatic N) is 1. The monoisotopic (exact) mass is 337 g/mol. The number of fused-ring (bicyclic) bond motifs is 1. The molecule has 0 aromatic heterocycles. The van der Waals surface area contributed by atoms with Gasteiger partial charge in [-0.25, -0.2) is 0 Å². The van der Waals surface area contributed by atoms with Crippen LogP contribution in [0.3, 0.4) is 0 Å².